The zero-order valence-electron chi connectivity index (χ0n) is 15.5. The summed E-state index contributed by atoms with van der Waals surface area (Å²) in [6.45, 7) is 5.46. The van der Waals surface area contributed by atoms with Gasteiger partial charge in [-0.1, -0.05) is 20.3 Å². The highest BCUT2D eigenvalue weighted by molar-refractivity contribution is 5.98. The van der Waals surface area contributed by atoms with Crippen LogP contribution in [0, 0.1) is 5.92 Å². The number of fused-ring (bicyclic) bond motifs is 1. The first-order valence-electron chi connectivity index (χ1n) is 9.84. The lowest BCUT2D eigenvalue weighted by Gasteiger charge is -2.21. The number of hydrogen-bond acceptors (Lipinski definition) is 3. The van der Waals surface area contributed by atoms with E-state index < -0.39 is 0 Å². The molecule has 25 heavy (non-hydrogen) atoms. The first kappa shape index (κ1) is 18.0. The molecular formula is C20H30N2O3. The molecule has 5 nitrogen and oxygen atoms in total. The fourth-order valence-corrected chi connectivity index (χ4v) is 3.52. The molecule has 1 aromatic heterocycles. The van der Waals surface area contributed by atoms with E-state index in [1.165, 1.54) is 18.9 Å². The zero-order valence-corrected chi connectivity index (χ0v) is 15.5. The highest BCUT2D eigenvalue weighted by Crippen LogP contribution is 2.31. The third-order valence-corrected chi connectivity index (χ3v) is 5.40. The molecule has 138 valence electrons. The molecule has 0 saturated heterocycles. The van der Waals surface area contributed by atoms with E-state index in [9.17, 15) is 9.59 Å². The van der Waals surface area contributed by atoms with Gasteiger partial charge in [0.15, 0.2) is 0 Å². The summed E-state index contributed by atoms with van der Waals surface area (Å²) in [6.07, 6.45) is 8.01. The number of pyridine rings is 1. The van der Waals surface area contributed by atoms with Gasteiger partial charge < -0.3 is 14.6 Å². The first-order chi connectivity index (χ1) is 12.1. The van der Waals surface area contributed by atoms with Crippen molar-refractivity contribution in [1.82, 2.24) is 9.88 Å². The minimum atomic E-state index is -0.0925. The predicted molar refractivity (Wildman–Crippen MR) is 98.3 cm³/mol. The van der Waals surface area contributed by atoms with Gasteiger partial charge in [-0.25, -0.2) is 0 Å². The second kappa shape index (κ2) is 8.07. The summed E-state index contributed by atoms with van der Waals surface area (Å²) < 4.78 is 7.74. The molecule has 1 aromatic rings. The Morgan fingerprint density at radius 1 is 1.28 bits per heavy atom. The molecule has 0 atom stereocenters. The molecule has 0 radical (unpaired) electrons. The van der Waals surface area contributed by atoms with Crippen molar-refractivity contribution in [2.24, 2.45) is 5.92 Å². The van der Waals surface area contributed by atoms with Crippen LogP contribution in [-0.4, -0.2) is 23.1 Å². The van der Waals surface area contributed by atoms with Gasteiger partial charge in [0.2, 0.25) is 0 Å². The van der Waals surface area contributed by atoms with Crippen LogP contribution in [0.1, 0.15) is 74.8 Å². The van der Waals surface area contributed by atoms with Crippen molar-refractivity contribution in [3.8, 4) is 5.75 Å². The predicted octanol–water partition coefficient (Wildman–Crippen LogP) is 3.28. The maximum Gasteiger partial charge on any atom is 0.257 e. The fraction of sp³-hybridized carbons (Fsp3) is 0.700. The minimum absolute atomic E-state index is 0.0400. The summed E-state index contributed by atoms with van der Waals surface area (Å²) in [6, 6.07) is 1.68. The standard InChI is InChI=1S/C20H30N2O3/c1-3-15(4-2)21-20(24)19-16-8-6-5-7-11-22(16)18(23)12-17(19)25-13-14-9-10-14/h12,14-15H,3-11,13H2,1-2H3,(H,21,24). The summed E-state index contributed by atoms with van der Waals surface area (Å²) in [4.78, 5) is 25.6. The van der Waals surface area contributed by atoms with Crippen LogP contribution in [0.5, 0.6) is 5.75 Å². The average molecular weight is 346 g/mol. The monoisotopic (exact) mass is 346 g/mol. The Bertz CT molecular complexity index is 672. The topological polar surface area (TPSA) is 60.3 Å². The van der Waals surface area contributed by atoms with E-state index in [0.29, 0.717) is 30.4 Å². The fourth-order valence-electron chi connectivity index (χ4n) is 3.52. The SMILES string of the molecule is CCC(CC)NC(=O)c1c(OCC2CC2)cc(=O)n2c1CCCCC2. The number of carbonyl (C=O) groups is 1. The molecule has 1 fully saturated rings. The van der Waals surface area contributed by atoms with Crippen LogP contribution in [0.2, 0.25) is 0 Å². The Morgan fingerprint density at radius 2 is 2.04 bits per heavy atom. The van der Waals surface area contributed by atoms with E-state index in [4.69, 9.17) is 4.74 Å². The van der Waals surface area contributed by atoms with Crippen molar-refractivity contribution in [3.63, 3.8) is 0 Å². The number of nitrogens with zero attached hydrogens (tertiary/aromatic N) is 1. The van der Waals surface area contributed by atoms with E-state index in [1.807, 2.05) is 0 Å². The normalized spacial score (nSPS) is 17.1. The molecule has 2 aliphatic rings. The van der Waals surface area contributed by atoms with Gasteiger partial charge in [-0.05, 0) is 50.9 Å². The number of ether oxygens (including phenoxy) is 1. The van der Waals surface area contributed by atoms with Crippen molar-refractivity contribution in [1.29, 1.82) is 0 Å². The van der Waals surface area contributed by atoms with Gasteiger partial charge in [-0.2, -0.15) is 0 Å². The van der Waals surface area contributed by atoms with Gasteiger partial charge in [-0.15, -0.1) is 0 Å². The summed E-state index contributed by atoms with van der Waals surface area (Å²) in [5.41, 5.74) is 1.41. The largest absolute Gasteiger partial charge is 0.492 e. The maximum atomic E-state index is 13.0. The molecule has 0 unspecified atom stereocenters. The lowest BCUT2D eigenvalue weighted by atomic mass is 10.0. The molecule has 1 saturated carbocycles. The highest BCUT2D eigenvalue weighted by Gasteiger charge is 2.27. The summed E-state index contributed by atoms with van der Waals surface area (Å²) in [5.74, 6) is 0.968. The Hall–Kier alpha value is -1.78. The number of rotatable bonds is 7. The smallest absolute Gasteiger partial charge is 0.257 e. The molecule has 1 aliphatic heterocycles. The molecule has 2 heterocycles. The van der Waals surface area contributed by atoms with Gasteiger partial charge in [0, 0.05) is 24.3 Å². The second-order valence-corrected chi connectivity index (χ2v) is 7.37. The van der Waals surface area contributed by atoms with Crippen LogP contribution in [0.4, 0.5) is 0 Å². The van der Waals surface area contributed by atoms with E-state index in [1.54, 1.807) is 4.57 Å². The lowest BCUT2D eigenvalue weighted by Crippen LogP contribution is -2.36. The lowest BCUT2D eigenvalue weighted by molar-refractivity contribution is 0.0928. The van der Waals surface area contributed by atoms with Crippen LogP contribution in [0.15, 0.2) is 10.9 Å². The quantitative estimate of drug-likeness (QED) is 0.824. The van der Waals surface area contributed by atoms with Crippen molar-refractivity contribution in [2.75, 3.05) is 6.61 Å². The van der Waals surface area contributed by atoms with E-state index >= 15 is 0 Å². The molecule has 3 rings (SSSR count). The van der Waals surface area contributed by atoms with Crippen LogP contribution in [0.3, 0.4) is 0 Å². The van der Waals surface area contributed by atoms with Crippen LogP contribution >= 0.6 is 0 Å². The third-order valence-electron chi connectivity index (χ3n) is 5.40. The molecule has 1 aliphatic carbocycles. The first-order valence-corrected chi connectivity index (χ1v) is 9.84. The number of nitrogens with one attached hydrogen (secondary N) is 1. The number of carbonyl (C=O) groups excluding carboxylic acids is 1. The molecule has 1 amide bonds. The Kier molecular flexibility index (Phi) is 5.82. The maximum absolute atomic E-state index is 13.0. The van der Waals surface area contributed by atoms with Crippen molar-refractivity contribution < 1.29 is 9.53 Å². The molecular weight excluding hydrogens is 316 g/mol. The van der Waals surface area contributed by atoms with Gasteiger partial charge >= 0.3 is 0 Å². The highest BCUT2D eigenvalue weighted by atomic mass is 16.5. The van der Waals surface area contributed by atoms with Gasteiger partial charge in [0.1, 0.15) is 11.3 Å². The number of amides is 1. The summed E-state index contributed by atoms with van der Waals surface area (Å²) in [7, 11) is 0. The van der Waals surface area contributed by atoms with Crippen LogP contribution in [0.25, 0.3) is 0 Å². The third kappa shape index (κ3) is 4.25. The molecule has 0 bridgehead atoms. The van der Waals surface area contributed by atoms with Gasteiger partial charge in [-0.3, -0.25) is 9.59 Å². The Labute approximate surface area is 149 Å². The van der Waals surface area contributed by atoms with E-state index in [0.717, 1.165) is 44.2 Å². The second-order valence-electron chi connectivity index (χ2n) is 7.37. The Morgan fingerprint density at radius 3 is 2.72 bits per heavy atom. The van der Waals surface area contributed by atoms with Crippen molar-refractivity contribution in [3.05, 3.63) is 27.7 Å². The van der Waals surface area contributed by atoms with E-state index in [2.05, 4.69) is 19.2 Å². The molecule has 0 aromatic carbocycles. The van der Waals surface area contributed by atoms with Crippen LogP contribution < -0.4 is 15.6 Å². The summed E-state index contributed by atoms with van der Waals surface area (Å²) >= 11 is 0. The number of aromatic nitrogens is 1. The van der Waals surface area contributed by atoms with E-state index in [-0.39, 0.29) is 17.5 Å². The Balaban J connectivity index is 1.98. The average Bonchev–Trinajstić information content (AvgIpc) is 3.44. The minimum Gasteiger partial charge on any atom is -0.492 e. The number of hydrogen-bond donors (Lipinski definition) is 1. The van der Waals surface area contributed by atoms with Crippen molar-refractivity contribution >= 4 is 5.91 Å². The van der Waals surface area contributed by atoms with Gasteiger partial charge in [0.05, 0.1) is 6.61 Å². The van der Waals surface area contributed by atoms with Crippen molar-refractivity contribution in [2.45, 2.75) is 77.8 Å². The van der Waals surface area contributed by atoms with Crippen LogP contribution in [-0.2, 0) is 13.0 Å². The molecule has 5 heteroatoms. The van der Waals surface area contributed by atoms with Gasteiger partial charge in [0.25, 0.3) is 11.5 Å². The molecule has 0 spiro atoms. The molecule has 1 N–H and O–H groups in total. The zero-order chi connectivity index (χ0) is 17.8. The summed E-state index contributed by atoms with van der Waals surface area (Å²) in [5, 5.41) is 3.13.